The fourth-order valence-electron chi connectivity index (χ4n) is 2.25. The first-order valence-corrected chi connectivity index (χ1v) is 6.46. The van der Waals surface area contributed by atoms with E-state index in [-0.39, 0.29) is 17.8 Å². The highest BCUT2D eigenvalue weighted by atomic mass is 19.1. The highest BCUT2D eigenvalue weighted by Crippen LogP contribution is 2.47. The minimum Gasteiger partial charge on any atom is -0.396 e. The Bertz CT molecular complexity index is 473. The van der Waals surface area contributed by atoms with Crippen LogP contribution in [0.4, 0.5) is 4.39 Å². The molecule has 4 N–H and O–H groups in total. The van der Waals surface area contributed by atoms with Gasteiger partial charge in [-0.3, -0.25) is 4.79 Å². The number of carbonyl (C=O) groups is 1. The van der Waals surface area contributed by atoms with Gasteiger partial charge in [0, 0.05) is 30.8 Å². The van der Waals surface area contributed by atoms with Gasteiger partial charge in [-0.15, -0.1) is 0 Å². The van der Waals surface area contributed by atoms with Crippen molar-refractivity contribution in [1.29, 1.82) is 0 Å². The fourth-order valence-corrected chi connectivity index (χ4v) is 2.25. The van der Waals surface area contributed by atoms with Crippen LogP contribution in [0.3, 0.4) is 0 Å². The third-order valence-electron chi connectivity index (χ3n) is 3.74. The summed E-state index contributed by atoms with van der Waals surface area (Å²) in [5, 5.41) is 12.2. The van der Waals surface area contributed by atoms with Gasteiger partial charge in [0.05, 0.1) is 0 Å². The van der Waals surface area contributed by atoms with Crippen LogP contribution in [0, 0.1) is 11.2 Å². The topological polar surface area (TPSA) is 75.4 Å². The largest absolute Gasteiger partial charge is 0.396 e. The summed E-state index contributed by atoms with van der Waals surface area (Å²) in [5.74, 6) is -0.898. The lowest BCUT2D eigenvalue weighted by Gasteiger charge is -2.15. The summed E-state index contributed by atoms with van der Waals surface area (Å²) in [6, 6.07) is 4.13. The summed E-state index contributed by atoms with van der Waals surface area (Å²) >= 11 is 0. The Morgan fingerprint density at radius 1 is 1.47 bits per heavy atom. The number of aliphatic hydroxyl groups is 1. The van der Waals surface area contributed by atoms with Gasteiger partial charge in [-0.05, 0) is 42.9 Å². The minimum absolute atomic E-state index is 0.187. The summed E-state index contributed by atoms with van der Waals surface area (Å²) in [7, 11) is 0. The third kappa shape index (κ3) is 3.52. The standard InChI is InChI=1S/C14H19FN2O2/c15-12-2-1-10(13(16)19)7-11(12)8-17-9-14(3-4-14)5-6-18/h1-2,7,17-18H,3-6,8-9H2,(H2,16,19). The van der Waals surface area contributed by atoms with E-state index in [2.05, 4.69) is 5.32 Å². The van der Waals surface area contributed by atoms with Crippen LogP contribution in [0.1, 0.15) is 35.2 Å². The number of nitrogens with two attached hydrogens (primary N) is 1. The van der Waals surface area contributed by atoms with Crippen molar-refractivity contribution in [2.75, 3.05) is 13.2 Å². The quantitative estimate of drug-likeness (QED) is 0.693. The van der Waals surface area contributed by atoms with E-state index in [1.807, 2.05) is 0 Å². The molecule has 0 aromatic heterocycles. The van der Waals surface area contributed by atoms with Crippen molar-refractivity contribution in [3.05, 3.63) is 35.1 Å². The van der Waals surface area contributed by atoms with E-state index in [1.165, 1.54) is 18.2 Å². The van der Waals surface area contributed by atoms with Crippen LogP contribution in [0.25, 0.3) is 0 Å². The zero-order chi connectivity index (χ0) is 13.9. The molecular weight excluding hydrogens is 247 g/mol. The van der Waals surface area contributed by atoms with E-state index in [4.69, 9.17) is 10.8 Å². The molecule has 1 amide bonds. The number of rotatable bonds is 7. The van der Waals surface area contributed by atoms with Crippen LogP contribution in [0.2, 0.25) is 0 Å². The van der Waals surface area contributed by atoms with Gasteiger partial charge < -0.3 is 16.2 Å². The van der Waals surface area contributed by atoms with Crippen molar-refractivity contribution in [2.24, 2.45) is 11.1 Å². The predicted octanol–water partition coefficient (Wildman–Crippen LogP) is 1.18. The van der Waals surface area contributed by atoms with Gasteiger partial charge in [0.1, 0.15) is 5.82 Å². The summed E-state index contributed by atoms with van der Waals surface area (Å²) in [6.45, 7) is 1.31. The summed E-state index contributed by atoms with van der Waals surface area (Å²) < 4.78 is 13.6. The molecule has 1 aliphatic rings. The van der Waals surface area contributed by atoms with Crippen molar-refractivity contribution in [1.82, 2.24) is 5.32 Å². The van der Waals surface area contributed by atoms with E-state index in [1.54, 1.807) is 0 Å². The van der Waals surface area contributed by atoms with Crippen molar-refractivity contribution >= 4 is 5.91 Å². The monoisotopic (exact) mass is 266 g/mol. The first kappa shape index (κ1) is 14.0. The van der Waals surface area contributed by atoms with Gasteiger partial charge in [0.25, 0.3) is 0 Å². The molecule has 104 valence electrons. The Balaban J connectivity index is 1.92. The lowest BCUT2D eigenvalue weighted by molar-refractivity contribution is 0.1000. The van der Waals surface area contributed by atoms with Crippen LogP contribution in [0.15, 0.2) is 18.2 Å². The maximum absolute atomic E-state index is 13.6. The molecule has 4 nitrogen and oxygen atoms in total. The SMILES string of the molecule is NC(=O)c1ccc(F)c(CNCC2(CCO)CC2)c1. The molecule has 0 bridgehead atoms. The number of benzene rings is 1. The van der Waals surface area contributed by atoms with E-state index in [9.17, 15) is 9.18 Å². The van der Waals surface area contributed by atoms with Crippen molar-refractivity contribution < 1.29 is 14.3 Å². The van der Waals surface area contributed by atoms with E-state index in [0.717, 1.165) is 25.8 Å². The number of amides is 1. The average molecular weight is 266 g/mol. The molecule has 0 unspecified atom stereocenters. The van der Waals surface area contributed by atoms with E-state index < -0.39 is 5.91 Å². The van der Waals surface area contributed by atoms with Gasteiger partial charge in [-0.1, -0.05) is 0 Å². The number of hydrogen-bond acceptors (Lipinski definition) is 3. The van der Waals surface area contributed by atoms with Crippen molar-refractivity contribution in [3.63, 3.8) is 0 Å². The average Bonchev–Trinajstić information content (AvgIpc) is 3.12. The Morgan fingerprint density at radius 3 is 2.79 bits per heavy atom. The molecule has 1 saturated carbocycles. The molecular formula is C14H19FN2O2. The molecule has 1 aromatic rings. The molecule has 0 atom stereocenters. The zero-order valence-electron chi connectivity index (χ0n) is 10.8. The van der Waals surface area contributed by atoms with Gasteiger partial charge in [-0.2, -0.15) is 0 Å². The summed E-state index contributed by atoms with van der Waals surface area (Å²) in [5.41, 5.74) is 6.11. The molecule has 1 aliphatic carbocycles. The number of aliphatic hydroxyl groups excluding tert-OH is 1. The second-order valence-corrected chi connectivity index (χ2v) is 5.25. The zero-order valence-corrected chi connectivity index (χ0v) is 10.8. The molecule has 2 rings (SSSR count). The number of hydrogen-bond donors (Lipinski definition) is 3. The number of carbonyl (C=O) groups excluding carboxylic acids is 1. The molecule has 0 radical (unpaired) electrons. The number of halogens is 1. The maximum atomic E-state index is 13.6. The Labute approximate surface area is 111 Å². The van der Waals surface area contributed by atoms with Gasteiger partial charge in [0.15, 0.2) is 0 Å². The molecule has 0 spiro atoms. The Morgan fingerprint density at radius 2 is 2.21 bits per heavy atom. The van der Waals surface area contributed by atoms with Crippen molar-refractivity contribution in [3.8, 4) is 0 Å². The number of primary amides is 1. The molecule has 0 aliphatic heterocycles. The van der Waals surface area contributed by atoms with Gasteiger partial charge in [-0.25, -0.2) is 4.39 Å². The molecule has 19 heavy (non-hydrogen) atoms. The lowest BCUT2D eigenvalue weighted by Crippen LogP contribution is -2.25. The third-order valence-corrected chi connectivity index (χ3v) is 3.74. The highest BCUT2D eigenvalue weighted by Gasteiger charge is 2.41. The molecule has 0 saturated heterocycles. The highest BCUT2D eigenvalue weighted by molar-refractivity contribution is 5.92. The molecule has 0 heterocycles. The molecule has 1 aromatic carbocycles. The Kier molecular flexibility index (Phi) is 4.17. The van der Waals surface area contributed by atoms with Crippen LogP contribution in [0.5, 0.6) is 0 Å². The fraction of sp³-hybridized carbons (Fsp3) is 0.500. The normalized spacial score (nSPS) is 16.3. The first-order chi connectivity index (χ1) is 9.06. The first-order valence-electron chi connectivity index (χ1n) is 6.46. The van der Waals surface area contributed by atoms with Crippen molar-refractivity contribution in [2.45, 2.75) is 25.8 Å². The summed E-state index contributed by atoms with van der Waals surface area (Å²) in [4.78, 5) is 11.0. The minimum atomic E-state index is -0.555. The van der Waals surface area contributed by atoms with E-state index in [0.29, 0.717) is 17.7 Å². The van der Waals surface area contributed by atoms with Crippen LogP contribution >= 0.6 is 0 Å². The predicted molar refractivity (Wildman–Crippen MR) is 70.0 cm³/mol. The van der Waals surface area contributed by atoms with Crippen LogP contribution < -0.4 is 11.1 Å². The molecule has 1 fully saturated rings. The summed E-state index contributed by atoms with van der Waals surface area (Å²) in [6.07, 6.45) is 2.98. The van der Waals surface area contributed by atoms with Gasteiger partial charge >= 0.3 is 0 Å². The molecule has 5 heteroatoms. The number of nitrogens with one attached hydrogen (secondary N) is 1. The smallest absolute Gasteiger partial charge is 0.248 e. The van der Waals surface area contributed by atoms with E-state index >= 15 is 0 Å². The van der Waals surface area contributed by atoms with Gasteiger partial charge in [0.2, 0.25) is 5.91 Å². The van der Waals surface area contributed by atoms with Crippen LogP contribution in [-0.2, 0) is 6.54 Å². The lowest BCUT2D eigenvalue weighted by atomic mass is 10.0. The second-order valence-electron chi connectivity index (χ2n) is 5.25. The maximum Gasteiger partial charge on any atom is 0.248 e. The Hall–Kier alpha value is -1.46. The van der Waals surface area contributed by atoms with Crippen LogP contribution in [-0.4, -0.2) is 24.2 Å². The second kappa shape index (κ2) is 5.67.